The number of nitrogens with one attached hydrogen (secondary N) is 1. The molecule has 1 N–H and O–H groups in total. The molecule has 1 aromatic carbocycles. The van der Waals surface area contributed by atoms with E-state index in [0.717, 1.165) is 11.5 Å². The average molecular weight is 253 g/mol. The third kappa shape index (κ3) is 2.14. The van der Waals surface area contributed by atoms with Gasteiger partial charge in [0.15, 0.2) is 5.82 Å². The van der Waals surface area contributed by atoms with Crippen LogP contribution in [0.5, 0.6) is 0 Å². The lowest BCUT2D eigenvalue weighted by Crippen LogP contribution is -2.10. The molecule has 0 aliphatic rings. The zero-order valence-corrected chi connectivity index (χ0v) is 10.9. The smallest absolute Gasteiger partial charge is 0.203 e. The van der Waals surface area contributed by atoms with Gasteiger partial charge in [-0.2, -0.15) is 0 Å². The lowest BCUT2D eigenvalue weighted by Gasteiger charge is -2.17. The second-order valence-electron chi connectivity index (χ2n) is 4.56. The molecule has 0 fully saturated rings. The molecule has 0 amide bonds. The predicted molar refractivity (Wildman–Crippen MR) is 74.0 cm³/mol. The quantitative estimate of drug-likeness (QED) is 0.779. The Morgan fingerprint density at radius 1 is 1.26 bits per heavy atom. The Balaban J connectivity index is 1.93. The van der Waals surface area contributed by atoms with Crippen LogP contribution in [-0.2, 0) is 0 Å². The van der Waals surface area contributed by atoms with Crippen molar-refractivity contribution in [1.82, 2.24) is 19.6 Å². The SMILES string of the molecule is Cc1ccccc1C(C)Nc1nccn2cnnc12. The first-order valence-electron chi connectivity index (χ1n) is 6.22. The van der Waals surface area contributed by atoms with Gasteiger partial charge in [-0.1, -0.05) is 24.3 Å². The molecular formula is C14H15N5. The molecular weight excluding hydrogens is 238 g/mol. The van der Waals surface area contributed by atoms with E-state index in [1.165, 1.54) is 11.1 Å². The lowest BCUT2D eigenvalue weighted by atomic mass is 10.0. The van der Waals surface area contributed by atoms with Crippen molar-refractivity contribution in [3.63, 3.8) is 0 Å². The summed E-state index contributed by atoms with van der Waals surface area (Å²) in [4.78, 5) is 4.34. The van der Waals surface area contributed by atoms with Gasteiger partial charge in [-0.3, -0.25) is 4.40 Å². The van der Waals surface area contributed by atoms with Crippen LogP contribution in [0.25, 0.3) is 5.65 Å². The van der Waals surface area contributed by atoms with Crippen LogP contribution < -0.4 is 5.32 Å². The van der Waals surface area contributed by atoms with Gasteiger partial charge in [0, 0.05) is 12.4 Å². The molecule has 5 nitrogen and oxygen atoms in total. The van der Waals surface area contributed by atoms with Gasteiger partial charge >= 0.3 is 0 Å². The molecule has 0 bridgehead atoms. The van der Waals surface area contributed by atoms with Crippen molar-refractivity contribution in [3.8, 4) is 0 Å². The first-order valence-corrected chi connectivity index (χ1v) is 6.22. The number of fused-ring (bicyclic) bond motifs is 1. The van der Waals surface area contributed by atoms with Crippen LogP contribution in [0.4, 0.5) is 5.82 Å². The van der Waals surface area contributed by atoms with E-state index in [1.54, 1.807) is 12.5 Å². The van der Waals surface area contributed by atoms with Crippen molar-refractivity contribution in [2.45, 2.75) is 19.9 Å². The minimum atomic E-state index is 0.164. The second kappa shape index (κ2) is 4.68. The van der Waals surface area contributed by atoms with E-state index in [2.05, 4.69) is 46.5 Å². The summed E-state index contributed by atoms with van der Waals surface area (Å²) >= 11 is 0. The third-order valence-corrected chi connectivity index (χ3v) is 3.22. The molecule has 2 aromatic heterocycles. The first kappa shape index (κ1) is 11.6. The molecule has 1 atom stereocenters. The highest BCUT2D eigenvalue weighted by atomic mass is 15.2. The van der Waals surface area contributed by atoms with Gasteiger partial charge in [0.2, 0.25) is 5.65 Å². The Morgan fingerprint density at radius 2 is 2.11 bits per heavy atom. The second-order valence-corrected chi connectivity index (χ2v) is 4.56. The fourth-order valence-corrected chi connectivity index (χ4v) is 2.22. The van der Waals surface area contributed by atoms with Crippen molar-refractivity contribution in [2.75, 3.05) is 5.32 Å². The highest BCUT2D eigenvalue weighted by Crippen LogP contribution is 2.22. The fraction of sp³-hybridized carbons (Fsp3) is 0.214. The van der Waals surface area contributed by atoms with E-state index in [4.69, 9.17) is 0 Å². The summed E-state index contributed by atoms with van der Waals surface area (Å²) in [6.07, 6.45) is 5.24. The molecule has 3 rings (SSSR count). The zero-order chi connectivity index (χ0) is 13.2. The largest absolute Gasteiger partial charge is 0.360 e. The molecule has 5 heteroatoms. The lowest BCUT2D eigenvalue weighted by molar-refractivity contribution is 0.863. The molecule has 0 saturated carbocycles. The number of nitrogens with zero attached hydrogens (tertiary/aromatic N) is 4. The first-order chi connectivity index (χ1) is 9.25. The number of anilines is 1. The van der Waals surface area contributed by atoms with E-state index >= 15 is 0 Å². The van der Waals surface area contributed by atoms with Gasteiger partial charge in [0.25, 0.3) is 0 Å². The number of aromatic nitrogens is 4. The predicted octanol–water partition coefficient (Wildman–Crippen LogP) is 2.61. The Kier molecular flexibility index (Phi) is 2.87. The molecule has 3 aromatic rings. The topological polar surface area (TPSA) is 55.1 Å². The van der Waals surface area contributed by atoms with Crippen molar-refractivity contribution in [1.29, 1.82) is 0 Å². The van der Waals surface area contributed by atoms with E-state index < -0.39 is 0 Å². The standard InChI is InChI=1S/C14H15N5/c1-10-5-3-4-6-12(10)11(2)17-13-14-18-16-9-19(14)8-7-15-13/h3-9,11H,1-2H3,(H,15,17). The van der Waals surface area contributed by atoms with Crippen molar-refractivity contribution in [3.05, 3.63) is 54.1 Å². The Hall–Kier alpha value is -2.43. The van der Waals surface area contributed by atoms with E-state index in [1.807, 2.05) is 22.7 Å². The molecule has 0 spiro atoms. The Labute approximate surface area is 111 Å². The maximum absolute atomic E-state index is 4.34. The van der Waals surface area contributed by atoms with Crippen LogP contribution in [0.2, 0.25) is 0 Å². The van der Waals surface area contributed by atoms with E-state index in [0.29, 0.717) is 0 Å². The normalized spacial score (nSPS) is 12.5. The summed E-state index contributed by atoms with van der Waals surface area (Å²) in [5.41, 5.74) is 3.25. The number of hydrogen-bond donors (Lipinski definition) is 1. The zero-order valence-electron chi connectivity index (χ0n) is 10.9. The molecule has 19 heavy (non-hydrogen) atoms. The maximum Gasteiger partial charge on any atom is 0.203 e. The molecule has 1 unspecified atom stereocenters. The summed E-state index contributed by atoms with van der Waals surface area (Å²) in [5.74, 6) is 0.746. The number of aryl methyl sites for hydroxylation is 1. The van der Waals surface area contributed by atoms with Crippen LogP contribution in [0.15, 0.2) is 43.0 Å². The maximum atomic E-state index is 4.34. The minimum absolute atomic E-state index is 0.164. The number of rotatable bonds is 3. The van der Waals surface area contributed by atoms with Crippen molar-refractivity contribution < 1.29 is 0 Å². The number of hydrogen-bond acceptors (Lipinski definition) is 4. The van der Waals surface area contributed by atoms with Crippen LogP contribution in [-0.4, -0.2) is 19.6 Å². The minimum Gasteiger partial charge on any atom is -0.360 e. The van der Waals surface area contributed by atoms with Crippen LogP contribution in [0, 0.1) is 6.92 Å². The average Bonchev–Trinajstić information content (AvgIpc) is 2.88. The Morgan fingerprint density at radius 3 is 2.95 bits per heavy atom. The summed E-state index contributed by atoms with van der Waals surface area (Å²) in [7, 11) is 0. The van der Waals surface area contributed by atoms with Gasteiger partial charge in [0.1, 0.15) is 6.33 Å². The van der Waals surface area contributed by atoms with Crippen molar-refractivity contribution >= 4 is 11.5 Å². The molecule has 2 heterocycles. The summed E-state index contributed by atoms with van der Waals surface area (Å²) in [5, 5.41) is 11.4. The van der Waals surface area contributed by atoms with Crippen LogP contribution in [0.1, 0.15) is 24.1 Å². The third-order valence-electron chi connectivity index (χ3n) is 3.22. The highest BCUT2D eigenvalue weighted by Gasteiger charge is 2.11. The Bertz CT molecular complexity index is 704. The monoisotopic (exact) mass is 253 g/mol. The van der Waals surface area contributed by atoms with Gasteiger partial charge in [-0.15, -0.1) is 10.2 Å². The van der Waals surface area contributed by atoms with E-state index in [9.17, 15) is 0 Å². The number of benzene rings is 1. The summed E-state index contributed by atoms with van der Waals surface area (Å²) in [6, 6.07) is 8.49. The van der Waals surface area contributed by atoms with Gasteiger partial charge in [0.05, 0.1) is 6.04 Å². The van der Waals surface area contributed by atoms with Gasteiger partial charge < -0.3 is 5.32 Å². The van der Waals surface area contributed by atoms with Crippen molar-refractivity contribution in [2.24, 2.45) is 0 Å². The summed E-state index contributed by atoms with van der Waals surface area (Å²) < 4.78 is 1.85. The molecule has 0 saturated heterocycles. The van der Waals surface area contributed by atoms with Crippen LogP contribution in [0.3, 0.4) is 0 Å². The summed E-state index contributed by atoms with van der Waals surface area (Å²) in [6.45, 7) is 4.22. The van der Waals surface area contributed by atoms with Gasteiger partial charge in [-0.05, 0) is 25.0 Å². The highest BCUT2D eigenvalue weighted by molar-refractivity contribution is 5.62. The molecule has 0 aliphatic heterocycles. The van der Waals surface area contributed by atoms with E-state index in [-0.39, 0.29) is 6.04 Å². The fourth-order valence-electron chi connectivity index (χ4n) is 2.22. The molecule has 0 aliphatic carbocycles. The molecule has 96 valence electrons. The van der Waals surface area contributed by atoms with Crippen LogP contribution >= 0.6 is 0 Å². The van der Waals surface area contributed by atoms with Gasteiger partial charge in [-0.25, -0.2) is 4.98 Å². The molecule has 0 radical (unpaired) electrons.